The molecule has 5 atom stereocenters. The van der Waals surface area contributed by atoms with Crippen molar-refractivity contribution in [3.63, 3.8) is 0 Å². The molecule has 0 aromatic heterocycles. The minimum atomic E-state index is -0.188. The normalized spacial score (nSPS) is 33.6. The molecule has 4 heteroatoms. The molecule has 0 amide bonds. The summed E-state index contributed by atoms with van der Waals surface area (Å²) in [5.74, 6) is 1.55. The van der Waals surface area contributed by atoms with Gasteiger partial charge in [0.15, 0.2) is 12.1 Å². The van der Waals surface area contributed by atoms with E-state index in [0.29, 0.717) is 31.5 Å². The van der Waals surface area contributed by atoms with E-state index in [1.807, 2.05) is 13.8 Å². The number of carbonyl (C=O) groups excluding carboxylic acids is 1. The van der Waals surface area contributed by atoms with Crippen LogP contribution in [-0.2, 0) is 19.0 Å². The number of hydrogen-bond donors (Lipinski definition) is 0. The second-order valence-electron chi connectivity index (χ2n) is 6.74. The molecule has 4 nitrogen and oxygen atoms in total. The number of ether oxygens (including phenoxy) is 3. The summed E-state index contributed by atoms with van der Waals surface area (Å²) in [7, 11) is 0. The van der Waals surface area contributed by atoms with Crippen molar-refractivity contribution in [3.8, 4) is 0 Å². The number of ketones is 1. The maximum Gasteiger partial charge on any atom is 0.164 e. The minimum absolute atomic E-state index is 0.0868. The van der Waals surface area contributed by atoms with Gasteiger partial charge in [-0.25, -0.2) is 0 Å². The monoisotopic (exact) mass is 310 g/mol. The van der Waals surface area contributed by atoms with Crippen LogP contribution in [0.5, 0.6) is 0 Å². The maximum atomic E-state index is 12.1. The van der Waals surface area contributed by atoms with E-state index in [9.17, 15) is 4.79 Å². The lowest BCUT2D eigenvalue weighted by atomic mass is 9.86. The van der Waals surface area contributed by atoms with Crippen molar-refractivity contribution in [1.29, 1.82) is 0 Å². The first-order valence-electron chi connectivity index (χ1n) is 8.61. The van der Waals surface area contributed by atoms with E-state index in [1.54, 1.807) is 0 Å². The Hall–Kier alpha value is -0.710. The summed E-state index contributed by atoms with van der Waals surface area (Å²) in [5.41, 5.74) is 0. The number of epoxide rings is 1. The van der Waals surface area contributed by atoms with Crippen LogP contribution >= 0.6 is 0 Å². The topological polar surface area (TPSA) is 48.1 Å². The van der Waals surface area contributed by atoms with Gasteiger partial charge in [0.1, 0.15) is 6.10 Å². The molecule has 0 bridgehead atoms. The first kappa shape index (κ1) is 17.6. The van der Waals surface area contributed by atoms with Crippen molar-refractivity contribution in [1.82, 2.24) is 0 Å². The Morgan fingerprint density at radius 2 is 2.05 bits per heavy atom. The highest BCUT2D eigenvalue weighted by atomic mass is 16.7. The van der Waals surface area contributed by atoms with E-state index in [2.05, 4.69) is 26.0 Å². The molecular weight excluding hydrogens is 280 g/mol. The van der Waals surface area contributed by atoms with Gasteiger partial charge >= 0.3 is 0 Å². The molecule has 0 aromatic rings. The van der Waals surface area contributed by atoms with Crippen molar-refractivity contribution in [2.45, 2.75) is 65.5 Å². The number of allylic oxidation sites excluding steroid dienone is 1. The van der Waals surface area contributed by atoms with Gasteiger partial charge in [-0.15, -0.1) is 0 Å². The average Bonchev–Trinajstić information content (AvgIpc) is 3.23. The van der Waals surface area contributed by atoms with E-state index < -0.39 is 0 Å². The standard InChI is InChI=1S/C18H30O4/c1-5-20-13(4)21-11-14-6-7-15(12(2)3)8-9-16(19)18-17(10-14)22-18/h6-7,12-15,17-18H,5,8-11H2,1-4H3. The molecule has 1 fully saturated rings. The Morgan fingerprint density at radius 3 is 2.73 bits per heavy atom. The van der Waals surface area contributed by atoms with Crippen molar-refractivity contribution in [2.75, 3.05) is 13.2 Å². The molecule has 1 aliphatic heterocycles. The highest BCUT2D eigenvalue weighted by Crippen LogP contribution is 2.34. The Morgan fingerprint density at radius 1 is 1.27 bits per heavy atom. The van der Waals surface area contributed by atoms with Gasteiger partial charge in [0.05, 0.1) is 12.7 Å². The molecular formula is C18H30O4. The molecule has 22 heavy (non-hydrogen) atoms. The summed E-state index contributed by atoms with van der Waals surface area (Å²) in [6.07, 6.45) is 6.69. The van der Waals surface area contributed by atoms with Crippen LogP contribution in [0.15, 0.2) is 12.2 Å². The Bertz CT molecular complexity index is 391. The number of carbonyl (C=O) groups is 1. The first-order valence-corrected chi connectivity index (χ1v) is 8.61. The second kappa shape index (κ2) is 8.23. The van der Waals surface area contributed by atoms with Gasteiger partial charge in [0.2, 0.25) is 0 Å². The predicted octanol–water partition coefficient (Wildman–Crippen LogP) is 3.35. The van der Waals surface area contributed by atoms with E-state index in [-0.39, 0.29) is 30.2 Å². The highest BCUT2D eigenvalue weighted by molar-refractivity contribution is 5.85. The van der Waals surface area contributed by atoms with Crippen LogP contribution in [0.3, 0.4) is 0 Å². The number of fused-ring (bicyclic) bond motifs is 1. The van der Waals surface area contributed by atoms with Crippen molar-refractivity contribution in [3.05, 3.63) is 12.2 Å². The van der Waals surface area contributed by atoms with Gasteiger partial charge in [0.25, 0.3) is 0 Å². The average molecular weight is 310 g/mol. The number of Topliss-reactive ketones (excluding diaryl/α,β-unsaturated/α-hetero) is 1. The van der Waals surface area contributed by atoms with Crippen LogP contribution in [0, 0.1) is 17.8 Å². The Kier molecular flexibility index (Phi) is 6.60. The molecule has 1 saturated heterocycles. The molecule has 0 N–H and O–H groups in total. The molecule has 2 aliphatic rings. The smallest absolute Gasteiger partial charge is 0.164 e. The van der Waals surface area contributed by atoms with E-state index in [1.165, 1.54) is 0 Å². The van der Waals surface area contributed by atoms with E-state index in [0.717, 1.165) is 12.8 Å². The quantitative estimate of drug-likeness (QED) is 0.429. The lowest BCUT2D eigenvalue weighted by Crippen LogP contribution is -2.21. The van der Waals surface area contributed by atoms with Gasteiger partial charge in [-0.3, -0.25) is 4.79 Å². The third-order valence-electron chi connectivity index (χ3n) is 4.59. The zero-order valence-corrected chi connectivity index (χ0v) is 14.3. The fourth-order valence-corrected chi connectivity index (χ4v) is 3.05. The van der Waals surface area contributed by atoms with Crippen LogP contribution in [-0.4, -0.2) is 37.5 Å². The fraction of sp³-hybridized carbons (Fsp3) is 0.833. The Balaban J connectivity index is 1.96. The first-order chi connectivity index (χ1) is 10.5. The maximum absolute atomic E-state index is 12.1. The lowest BCUT2D eigenvalue weighted by Gasteiger charge is -2.20. The van der Waals surface area contributed by atoms with Crippen LogP contribution < -0.4 is 0 Å². The van der Waals surface area contributed by atoms with Gasteiger partial charge in [-0.05, 0) is 38.5 Å². The SMILES string of the molecule is CCOC(C)OCC1C=CC(C(C)C)CCC(=O)C2OC2C1. The van der Waals surface area contributed by atoms with E-state index >= 15 is 0 Å². The third kappa shape index (κ3) is 5.18. The fourth-order valence-electron chi connectivity index (χ4n) is 3.05. The highest BCUT2D eigenvalue weighted by Gasteiger charge is 2.45. The lowest BCUT2D eigenvalue weighted by molar-refractivity contribution is -0.133. The van der Waals surface area contributed by atoms with Gasteiger partial charge in [-0.1, -0.05) is 26.0 Å². The molecule has 2 rings (SSSR count). The van der Waals surface area contributed by atoms with Crippen LogP contribution in [0.25, 0.3) is 0 Å². The zero-order valence-electron chi connectivity index (χ0n) is 14.3. The third-order valence-corrected chi connectivity index (χ3v) is 4.59. The minimum Gasteiger partial charge on any atom is -0.361 e. The predicted molar refractivity (Wildman–Crippen MR) is 85.5 cm³/mol. The summed E-state index contributed by atoms with van der Waals surface area (Å²) >= 11 is 0. The van der Waals surface area contributed by atoms with Crippen molar-refractivity contribution in [2.24, 2.45) is 17.8 Å². The zero-order chi connectivity index (χ0) is 16.1. The Labute approximate surface area is 134 Å². The number of rotatable bonds is 6. The molecule has 0 saturated carbocycles. The van der Waals surface area contributed by atoms with E-state index in [4.69, 9.17) is 14.2 Å². The molecule has 126 valence electrons. The summed E-state index contributed by atoms with van der Waals surface area (Å²) in [5, 5.41) is 0. The molecule has 0 radical (unpaired) electrons. The largest absolute Gasteiger partial charge is 0.361 e. The number of hydrogen-bond acceptors (Lipinski definition) is 4. The van der Waals surface area contributed by atoms with Crippen LogP contribution in [0.4, 0.5) is 0 Å². The molecule has 0 aromatic carbocycles. The summed E-state index contributed by atoms with van der Waals surface area (Å²) in [6, 6.07) is 0. The van der Waals surface area contributed by atoms with Crippen LogP contribution in [0.2, 0.25) is 0 Å². The molecule has 1 heterocycles. The summed E-state index contributed by atoms with van der Waals surface area (Å²) in [4.78, 5) is 12.1. The van der Waals surface area contributed by atoms with Gasteiger partial charge in [0, 0.05) is 18.9 Å². The van der Waals surface area contributed by atoms with Crippen LogP contribution in [0.1, 0.15) is 47.0 Å². The summed E-state index contributed by atoms with van der Waals surface area (Å²) in [6.45, 7) is 9.58. The molecule has 5 unspecified atom stereocenters. The summed E-state index contributed by atoms with van der Waals surface area (Å²) < 4.78 is 16.8. The molecule has 1 aliphatic carbocycles. The molecule has 0 spiro atoms. The second-order valence-corrected chi connectivity index (χ2v) is 6.74. The van der Waals surface area contributed by atoms with Gasteiger partial charge in [-0.2, -0.15) is 0 Å². The van der Waals surface area contributed by atoms with Crippen molar-refractivity contribution < 1.29 is 19.0 Å². The van der Waals surface area contributed by atoms with Gasteiger partial charge < -0.3 is 14.2 Å². The van der Waals surface area contributed by atoms with Crippen molar-refractivity contribution >= 4 is 5.78 Å².